The van der Waals surface area contributed by atoms with Crippen molar-refractivity contribution in [3.05, 3.63) is 65.2 Å². The standard InChI is InChI=1S/C16H16F2N2O3S/c1-20(2)24(22,23)15-5-3-11(4-6-15)10-19-16(21)12-7-13(17)9-14(18)8-12/h3-9H,10H2,1-2H3,(H,19,21). The first kappa shape index (κ1) is 18.0. The van der Waals surface area contributed by atoms with Crippen LogP contribution in [-0.2, 0) is 16.6 Å². The lowest BCUT2D eigenvalue weighted by atomic mass is 10.2. The summed E-state index contributed by atoms with van der Waals surface area (Å²) in [5, 5.41) is 2.52. The summed E-state index contributed by atoms with van der Waals surface area (Å²) >= 11 is 0. The molecule has 0 fully saturated rings. The molecule has 1 amide bonds. The highest BCUT2D eigenvalue weighted by Crippen LogP contribution is 2.14. The van der Waals surface area contributed by atoms with Gasteiger partial charge in [-0.15, -0.1) is 0 Å². The summed E-state index contributed by atoms with van der Waals surface area (Å²) in [7, 11) is -0.651. The average molecular weight is 354 g/mol. The molecule has 0 aliphatic rings. The van der Waals surface area contributed by atoms with E-state index < -0.39 is 27.6 Å². The van der Waals surface area contributed by atoms with Crippen molar-refractivity contribution in [2.75, 3.05) is 14.1 Å². The molecule has 2 aromatic rings. The Hall–Kier alpha value is -2.32. The van der Waals surface area contributed by atoms with Crippen molar-refractivity contribution in [1.82, 2.24) is 9.62 Å². The van der Waals surface area contributed by atoms with E-state index in [9.17, 15) is 22.0 Å². The number of rotatable bonds is 5. The lowest BCUT2D eigenvalue weighted by molar-refractivity contribution is 0.0950. The molecular formula is C16H16F2N2O3S. The number of nitrogens with one attached hydrogen (secondary N) is 1. The molecule has 2 aromatic carbocycles. The van der Waals surface area contributed by atoms with Crippen LogP contribution in [0.2, 0.25) is 0 Å². The largest absolute Gasteiger partial charge is 0.348 e. The van der Waals surface area contributed by atoms with Gasteiger partial charge in [-0.05, 0) is 29.8 Å². The number of benzene rings is 2. The predicted molar refractivity (Wildman–Crippen MR) is 84.8 cm³/mol. The Kier molecular flexibility index (Phi) is 5.30. The summed E-state index contributed by atoms with van der Waals surface area (Å²) in [4.78, 5) is 12.0. The summed E-state index contributed by atoms with van der Waals surface area (Å²) in [6, 6.07) is 8.53. The molecule has 0 atom stereocenters. The van der Waals surface area contributed by atoms with Crippen molar-refractivity contribution in [3.63, 3.8) is 0 Å². The van der Waals surface area contributed by atoms with Gasteiger partial charge in [-0.3, -0.25) is 4.79 Å². The molecule has 0 unspecified atom stereocenters. The maximum absolute atomic E-state index is 13.1. The second kappa shape index (κ2) is 7.06. The predicted octanol–water partition coefficient (Wildman–Crippen LogP) is 2.15. The monoisotopic (exact) mass is 354 g/mol. The first-order valence-corrected chi connectivity index (χ1v) is 8.40. The molecule has 24 heavy (non-hydrogen) atoms. The van der Waals surface area contributed by atoms with Crippen LogP contribution in [-0.4, -0.2) is 32.7 Å². The molecular weight excluding hydrogens is 338 g/mol. The van der Waals surface area contributed by atoms with Gasteiger partial charge in [-0.25, -0.2) is 21.5 Å². The zero-order valence-corrected chi connectivity index (χ0v) is 13.9. The third-order valence-corrected chi connectivity index (χ3v) is 5.11. The number of sulfonamides is 1. The van der Waals surface area contributed by atoms with Crippen molar-refractivity contribution in [1.29, 1.82) is 0 Å². The first-order valence-electron chi connectivity index (χ1n) is 6.96. The molecule has 5 nitrogen and oxygen atoms in total. The van der Waals surface area contributed by atoms with Crippen LogP contribution in [0.3, 0.4) is 0 Å². The van der Waals surface area contributed by atoms with Crippen LogP contribution in [0.4, 0.5) is 8.78 Å². The topological polar surface area (TPSA) is 66.5 Å². The Bertz CT molecular complexity index is 830. The van der Waals surface area contributed by atoms with E-state index in [0.717, 1.165) is 16.4 Å². The smallest absolute Gasteiger partial charge is 0.251 e. The van der Waals surface area contributed by atoms with Crippen molar-refractivity contribution in [3.8, 4) is 0 Å². The van der Waals surface area contributed by atoms with Crippen molar-refractivity contribution >= 4 is 15.9 Å². The summed E-state index contributed by atoms with van der Waals surface area (Å²) in [5.74, 6) is -2.30. The van der Waals surface area contributed by atoms with E-state index in [0.29, 0.717) is 11.6 Å². The van der Waals surface area contributed by atoms with Crippen molar-refractivity contribution in [2.24, 2.45) is 0 Å². The Morgan fingerprint density at radius 1 is 1.04 bits per heavy atom. The Labute approximate surface area is 139 Å². The number of carbonyl (C=O) groups is 1. The number of hydrogen-bond donors (Lipinski definition) is 1. The molecule has 128 valence electrons. The molecule has 0 spiro atoms. The van der Waals surface area contributed by atoms with Gasteiger partial charge < -0.3 is 5.32 Å². The summed E-state index contributed by atoms with van der Waals surface area (Å²) < 4.78 is 51.2. The maximum Gasteiger partial charge on any atom is 0.251 e. The summed E-state index contributed by atoms with van der Waals surface area (Å²) in [5.41, 5.74) is 0.525. The third kappa shape index (κ3) is 4.15. The van der Waals surface area contributed by atoms with E-state index in [1.54, 1.807) is 12.1 Å². The normalized spacial score (nSPS) is 11.5. The first-order chi connectivity index (χ1) is 11.2. The minimum Gasteiger partial charge on any atom is -0.348 e. The van der Waals surface area contributed by atoms with Crippen molar-refractivity contribution in [2.45, 2.75) is 11.4 Å². The van der Waals surface area contributed by atoms with E-state index in [1.165, 1.54) is 26.2 Å². The Balaban J connectivity index is 2.06. The minimum atomic E-state index is -3.51. The molecule has 0 aliphatic carbocycles. The zero-order valence-electron chi connectivity index (χ0n) is 13.1. The molecule has 0 heterocycles. The zero-order chi connectivity index (χ0) is 17.9. The van der Waals surface area contributed by atoms with Gasteiger partial charge in [0.15, 0.2) is 0 Å². The second-order valence-electron chi connectivity index (χ2n) is 5.27. The molecule has 2 rings (SSSR count). The molecule has 8 heteroatoms. The van der Waals surface area contributed by atoms with Gasteiger partial charge >= 0.3 is 0 Å². The molecule has 0 saturated heterocycles. The van der Waals surface area contributed by atoms with Crippen LogP contribution in [0.15, 0.2) is 47.4 Å². The quantitative estimate of drug-likeness (QED) is 0.895. The van der Waals surface area contributed by atoms with Crippen LogP contribution in [0.5, 0.6) is 0 Å². The lowest BCUT2D eigenvalue weighted by Gasteiger charge is -2.12. The van der Waals surface area contributed by atoms with Gasteiger partial charge in [-0.2, -0.15) is 0 Å². The fourth-order valence-corrected chi connectivity index (χ4v) is 2.86. The number of nitrogens with zero attached hydrogens (tertiary/aromatic N) is 1. The third-order valence-electron chi connectivity index (χ3n) is 3.28. The van der Waals surface area contributed by atoms with Gasteiger partial charge in [0.2, 0.25) is 10.0 Å². The van der Waals surface area contributed by atoms with Crippen molar-refractivity contribution < 1.29 is 22.0 Å². The van der Waals surface area contributed by atoms with Gasteiger partial charge in [0.25, 0.3) is 5.91 Å². The Morgan fingerprint density at radius 2 is 1.58 bits per heavy atom. The SMILES string of the molecule is CN(C)S(=O)(=O)c1ccc(CNC(=O)c2cc(F)cc(F)c2)cc1. The van der Waals surface area contributed by atoms with E-state index in [4.69, 9.17) is 0 Å². The van der Waals surface area contributed by atoms with Crippen LogP contribution in [0.25, 0.3) is 0 Å². The van der Waals surface area contributed by atoms with E-state index in [1.807, 2.05) is 0 Å². The van der Waals surface area contributed by atoms with Crippen LogP contribution in [0.1, 0.15) is 15.9 Å². The highest BCUT2D eigenvalue weighted by Gasteiger charge is 2.16. The average Bonchev–Trinajstić information content (AvgIpc) is 2.52. The van der Waals surface area contributed by atoms with E-state index in [2.05, 4.69) is 5.32 Å². The molecule has 0 aromatic heterocycles. The minimum absolute atomic E-state index is 0.0965. The molecule has 1 N–H and O–H groups in total. The highest BCUT2D eigenvalue weighted by molar-refractivity contribution is 7.89. The fraction of sp³-hybridized carbons (Fsp3) is 0.188. The van der Waals surface area contributed by atoms with Crippen LogP contribution < -0.4 is 5.32 Å². The molecule has 0 bridgehead atoms. The van der Waals surface area contributed by atoms with Gasteiger partial charge in [0.1, 0.15) is 11.6 Å². The number of halogens is 2. The lowest BCUT2D eigenvalue weighted by Crippen LogP contribution is -2.23. The van der Waals surface area contributed by atoms with E-state index in [-0.39, 0.29) is 17.0 Å². The Morgan fingerprint density at radius 3 is 2.08 bits per heavy atom. The van der Waals surface area contributed by atoms with Crippen LogP contribution in [0, 0.1) is 11.6 Å². The van der Waals surface area contributed by atoms with E-state index >= 15 is 0 Å². The number of hydrogen-bond acceptors (Lipinski definition) is 3. The molecule has 0 radical (unpaired) electrons. The molecule has 0 aliphatic heterocycles. The maximum atomic E-state index is 13.1. The number of carbonyl (C=O) groups excluding carboxylic acids is 1. The van der Waals surface area contributed by atoms with Crippen LogP contribution >= 0.6 is 0 Å². The van der Waals surface area contributed by atoms with Gasteiger partial charge in [0.05, 0.1) is 4.90 Å². The number of amides is 1. The fourth-order valence-electron chi connectivity index (χ4n) is 1.96. The summed E-state index contributed by atoms with van der Waals surface area (Å²) in [6.45, 7) is 0.0965. The van der Waals surface area contributed by atoms with Gasteiger partial charge in [-0.1, -0.05) is 12.1 Å². The summed E-state index contributed by atoms with van der Waals surface area (Å²) in [6.07, 6.45) is 0. The second-order valence-corrected chi connectivity index (χ2v) is 7.42. The van der Waals surface area contributed by atoms with Gasteiger partial charge in [0, 0.05) is 32.3 Å². The molecule has 0 saturated carbocycles. The highest BCUT2D eigenvalue weighted by atomic mass is 32.2.